The molecule has 4 nitrogen and oxygen atoms in total. The van der Waals surface area contributed by atoms with E-state index in [0.29, 0.717) is 5.75 Å². The lowest BCUT2D eigenvalue weighted by Crippen LogP contribution is -2.55. The summed E-state index contributed by atoms with van der Waals surface area (Å²) < 4.78 is 6.11. The van der Waals surface area contributed by atoms with Gasteiger partial charge >= 0.3 is 0 Å². The Morgan fingerprint density at radius 1 is 1.47 bits per heavy atom. The number of hydrogen-bond donors (Lipinski definition) is 0. The van der Waals surface area contributed by atoms with E-state index in [-0.39, 0.29) is 17.9 Å². The minimum atomic E-state index is -0.567. The second-order valence-corrected chi connectivity index (χ2v) is 6.32. The molecule has 3 aliphatic rings. The predicted molar refractivity (Wildman–Crippen MR) is 74.1 cm³/mol. The number of ether oxygens (including phenoxy) is 1. The summed E-state index contributed by atoms with van der Waals surface area (Å²) >= 11 is 1.51. The lowest BCUT2D eigenvalue weighted by molar-refractivity contribution is -0.130. The van der Waals surface area contributed by atoms with Gasteiger partial charge in [0.25, 0.3) is 0 Å². The molecule has 0 saturated carbocycles. The predicted octanol–water partition coefficient (Wildman–Crippen LogP) is 2.42. The standard InChI is InChI=1S/C14H14N2O2S/c1-8-12-9-5-3-4-6-10(9)18-14(8,2)15-13-16(12)11(17)7-19-13/h3-6,8,12H,7H2,1-2H3/t8-,12+,14-/m1/s1. The van der Waals surface area contributed by atoms with Crippen LogP contribution in [-0.2, 0) is 4.79 Å². The van der Waals surface area contributed by atoms with Crippen molar-refractivity contribution in [3.05, 3.63) is 29.8 Å². The summed E-state index contributed by atoms with van der Waals surface area (Å²) in [6, 6.07) is 8.01. The Bertz CT molecular complexity index is 615. The van der Waals surface area contributed by atoms with Crippen molar-refractivity contribution in [1.29, 1.82) is 0 Å². The molecule has 0 unspecified atom stereocenters. The van der Waals surface area contributed by atoms with Crippen molar-refractivity contribution < 1.29 is 9.53 Å². The number of fused-ring (bicyclic) bond motifs is 6. The second kappa shape index (κ2) is 3.54. The molecule has 1 fully saturated rings. The number of amidine groups is 1. The number of carbonyl (C=O) groups is 1. The summed E-state index contributed by atoms with van der Waals surface area (Å²) in [7, 11) is 0. The maximum absolute atomic E-state index is 12.2. The number of rotatable bonds is 0. The molecular weight excluding hydrogens is 260 g/mol. The zero-order valence-electron chi connectivity index (χ0n) is 10.8. The maximum Gasteiger partial charge on any atom is 0.239 e. The average molecular weight is 274 g/mol. The van der Waals surface area contributed by atoms with E-state index in [0.717, 1.165) is 16.5 Å². The molecule has 1 amide bonds. The highest BCUT2D eigenvalue weighted by Gasteiger charge is 2.54. The lowest BCUT2D eigenvalue weighted by atomic mass is 9.82. The zero-order valence-corrected chi connectivity index (χ0v) is 11.6. The number of thioether (sulfide) groups is 1. The maximum atomic E-state index is 12.2. The third-order valence-electron chi connectivity index (χ3n) is 4.27. The lowest BCUT2D eigenvalue weighted by Gasteiger charge is -2.49. The van der Waals surface area contributed by atoms with Gasteiger partial charge in [0.05, 0.1) is 11.8 Å². The van der Waals surface area contributed by atoms with Crippen molar-refractivity contribution >= 4 is 22.8 Å². The number of amides is 1. The van der Waals surface area contributed by atoms with E-state index in [1.807, 2.05) is 30.0 Å². The molecule has 0 aliphatic carbocycles. The Morgan fingerprint density at radius 3 is 3.11 bits per heavy atom. The van der Waals surface area contributed by atoms with Crippen LogP contribution in [0.4, 0.5) is 0 Å². The highest BCUT2D eigenvalue weighted by Crippen LogP contribution is 2.52. The van der Waals surface area contributed by atoms with Gasteiger partial charge in [-0.25, -0.2) is 4.99 Å². The SMILES string of the molecule is C[C@@H]1[C@H]2c3ccccc3O[C@@]1(C)N=C1SCC(=O)N12. The molecule has 1 saturated heterocycles. The van der Waals surface area contributed by atoms with Crippen molar-refractivity contribution in [2.45, 2.75) is 25.6 Å². The zero-order chi connectivity index (χ0) is 13.2. The fraction of sp³-hybridized carbons (Fsp3) is 0.429. The van der Waals surface area contributed by atoms with E-state index in [1.165, 1.54) is 11.8 Å². The smallest absolute Gasteiger partial charge is 0.239 e. The molecule has 4 rings (SSSR count). The molecule has 98 valence electrons. The molecule has 1 aromatic carbocycles. The molecule has 0 radical (unpaired) electrons. The summed E-state index contributed by atoms with van der Waals surface area (Å²) in [5.74, 6) is 1.63. The molecule has 2 bridgehead atoms. The summed E-state index contributed by atoms with van der Waals surface area (Å²) in [6.45, 7) is 4.12. The normalized spacial score (nSPS) is 35.4. The topological polar surface area (TPSA) is 41.9 Å². The van der Waals surface area contributed by atoms with Crippen molar-refractivity contribution in [2.24, 2.45) is 10.9 Å². The van der Waals surface area contributed by atoms with Gasteiger partial charge in [0, 0.05) is 11.5 Å². The summed E-state index contributed by atoms with van der Waals surface area (Å²) in [5, 5.41) is 0.810. The van der Waals surface area contributed by atoms with E-state index in [9.17, 15) is 4.79 Å². The van der Waals surface area contributed by atoms with E-state index in [1.54, 1.807) is 0 Å². The van der Waals surface area contributed by atoms with Crippen LogP contribution >= 0.6 is 11.8 Å². The van der Waals surface area contributed by atoms with Crippen molar-refractivity contribution in [2.75, 3.05) is 5.75 Å². The number of aliphatic imine (C=N–C) groups is 1. The van der Waals surface area contributed by atoms with Gasteiger partial charge in [-0.1, -0.05) is 36.9 Å². The van der Waals surface area contributed by atoms with Crippen LogP contribution < -0.4 is 4.74 Å². The van der Waals surface area contributed by atoms with Crippen molar-refractivity contribution in [3.8, 4) is 5.75 Å². The summed E-state index contributed by atoms with van der Waals surface area (Å²) in [5.41, 5.74) is 0.526. The highest BCUT2D eigenvalue weighted by atomic mass is 32.2. The Balaban J connectivity index is 1.96. The van der Waals surface area contributed by atoms with Gasteiger partial charge < -0.3 is 4.74 Å². The molecule has 1 aromatic rings. The fourth-order valence-electron chi connectivity index (χ4n) is 3.11. The Labute approximate surface area is 115 Å². The minimum Gasteiger partial charge on any atom is -0.466 e. The van der Waals surface area contributed by atoms with Crippen LogP contribution in [0.1, 0.15) is 25.5 Å². The molecule has 5 heteroatoms. The Hall–Kier alpha value is -1.49. The fourth-order valence-corrected chi connectivity index (χ4v) is 4.10. The van der Waals surface area contributed by atoms with Gasteiger partial charge in [-0.05, 0) is 13.0 Å². The van der Waals surface area contributed by atoms with Crippen LogP contribution in [0.25, 0.3) is 0 Å². The number of hydrogen-bond acceptors (Lipinski definition) is 4. The number of para-hydroxylation sites is 1. The van der Waals surface area contributed by atoms with Gasteiger partial charge in [0.15, 0.2) is 5.17 Å². The van der Waals surface area contributed by atoms with Crippen molar-refractivity contribution in [3.63, 3.8) is 0 Å². The van der Waals surface area contributed by atoms with Crippen LogP contribution in [-0.4, -0.2) is 27.5 Å². The number of carbonyl (C=O) groups excluding carboxylic acids is 1. The first-order chi connectivity index (χ1) is 9.10. The van der Waals surface area contributed by atoms with Crippen LogP contribution in [0, 0.1) is 5.92 Å². The first-order valence-corrected chi connectivity index (χ1v) is 7.41. The van der Waals surface area contributed by atoms with Crippen LogP contribution in [0.15, 0.2) is 29.3 Å². The summed E-state index contributed by atoms with van der Waals surface area (Å²) in [6.07, 6.45) is 0. The van der Waals surface area contributed by atoms with E-state index in [2.05, 4.69) is 18.0 Å². The Morgan fingerprint density at radius 2 is 2.26 bits per heavy atom. The van der Waals surface area contributed by atoms with Gasteiger partial charge in [-0.3, -0.25) is 9.69 Å². The van der Waals surface area contributed by atoms with E-state index >= 15 is 0 Å². The van der Waals surface area contributed by atoms with Crippen molar-refractivity contribution in [1.82, 2.24) is 4.90 Å². The molecule has 0 aromatic heterocycles. The molecule has 3 atom stereocenters. The van der Waals surface area contributed by atoms with Gasteiger partial charge in [0.1, 0.15) is 5.75 Å². The Kier molecular flexibility index (Phi) is 2.11. The quantitative estimate of drug-likeness (QED) is 0.729. The first-order valence-electron chi connectivity index (χ1n) is 6.43. The van der Waals surface area contributed by atoms with Crippen LogP contribution in [0.2, 0.25) is 0 Å². The third kappa shape index (κ3) is 1.36. The minimum absolute atomic E-state index is 0.0462. The molecular formula is C14H14N2O2S. The third-order valence-corrected chi connectivity index (χ3v) is 5.21. The second-order valence-electron chi connectivity index (χ2n) is 5.37. The highest BCUT2D eigenvalue weighted by molar-refractivity contribution is 8.15. The molecule has 19 heavy (non-hydrogen) atoms. The van der Waals surface area contributed by atoms with Gasteiger partial charge in [0.2, 0.25) is 11.6 Å². The summed E-state index contributed by atoms with van der Waals surface area (Å²) in [4.78, 5) is 18.7. The van der Waals surface area contributed by atoms with Gasteiger partial charge in [-0.15, -0.1) is 0 Å². The number of benzene rings is 1. The monoisotopic (exact) mass is 274 g/mol. The molecule has 0 spiro atoms. The largest absolute Gasteiger partial charge is 0.466 e. The van der Waals surface area contributed by atoms with Gasteiger partial charge in [-0.2, -0.15) is 0 Å². The first kappa shape index (κ1) is 11.3. The number of nitrogens with zero attached hydrogens (tertiary/aromatic N) is 2. The molecule has 3 aliphatic heterocycles. The molecule has 3 heterocycles. The van der Waals surface area contributed by atoms with Crippen LogP contribution in [0.5, 0.6) is 5.75 Å². The average Bonchev–Trinajstić information content (AvgIpc) is 2.71. The molecule has 0 N–H and O–H groups in total. The van der Waals surface area contributed by atoms with Crippen LogP contribution in [0.3, 0.4) is 0 Å². The van der Waals surface area contributed by atoms with E-state index < -0.39 is 5.72 Å². The van der Waals surface area contributed by atoms with E-state index in [4.69, 9.17) is 4.74 Å².